The van der Waals surface area contributed by atoms with E-state index in [9.17, 15) is 9.59 Å². The normalized spacial score (nSPS) is 12.3. The number of H-pyrrole nitrogens is 1. The first-order valence-corrected chi connectivity index (χ1v) is 11.2. The summed E-state index contributed by atoms with van der Waals surface area (Å²) in [6, 6.07) is 3.36. The topological polar surface area (TPSA) is 84.9 Å². The van der Waals surface area contributed by atoms with Crippen molar-refractivity contribution in [2.45, 2.75) is 45.2 Å². The van der Waals surface area contributed by atoms with Crippen LogP contribution in [0, 0.1) is 12.8 Å². The van der Waals surface area contributed by atoms with E-state index in [2.05, 4.69) is 28.8 Å². The largest absolute Gasteiger partial charge is 0.454 e. The lowest BCUT2D eigenvalue weighted by Gasteiger charge is -2.09. The third-order valence-electron chi connectivity index (χ3n) is 4.69. The fraction of sp³-hybridized carbons (Fsp3) is 0.400. The first-order valence-electron chi connectivity index (χ1n) is 9.11. The third kappa shape index (κ3) is 4.28. The van der Waals surface area contributed by atoms with Crippen LogP contribution in [-0.4, -0.2) is 27.2 Å². The van der Waals surface area contributed by atoms with Crippen molar-refractivity contribution in [1.82, 2.24) is 15.0 Å². The molecule has 3 rings (SSSR count). The van der Waals surface area contributed by atoms with Gasteiger partial charge >= 0.3 is 5.97 Å². The number of ether oxygens (including phenoxy) is 1. The molecule has 3 heterocycles. The lowest BCUT2D eigenvalue weighted by atomic mass is 9.98. The van der Waals surface area contributed by atoms with Gasteiger partial charge in [0.25, 0.3) is 5.56 Å². The monoisotopic (exact) mass is 417 g/mol. The minimum absolute atomic E-state index is 0.0929. The first kappa shape index (κ1) is 20.5. The molecule has 0 aliphatic carbocycles. The summed E-state index contributed by atoms with van der Waals surface area (Å²) in [5, 5.41) is 1.27. The van der Waals surface area contributed by atoms with Crippen LogP contribution in [0.3, 0.4) is 0 Å². The standard InChI is InChI=1S/C20H23N3O3S2/c1-5-11(2)9-14-12(3)28-19-16(14)17(24)22-15(23-19)10-26-20(25)13-7-6-8-21-18(13)27-4/h6-8,11H,5,9-10H2,1-4H3,(H,22,23,24)/t11-/m1/s1. The lowest BCUT2D eigenvalue weighted by molar-refractivity contribution is 0.0457. The molecular weight excluding hydrogens is 394 g/mol. The van der Waals surface area contributed by atoms with E-state index in [0.29, 0.717) is 32.5 Å². The molecule has 8 heteroatoms. The van der Waals surface area contributed by atoms with Gasteiger partial charge in [-0.3, -0.25) is 4.79 Å². The van der Waals surface area contributed by atoms with E-state index in [1.165, 1.54) is 23.1 Å². The van der Waals surface area contributed by atoms with E-state index in [-0.39, 0.29) is 12.2 Å². The molecule has 0 spiro atoms. The molecule has 0 aliphatic heterocycles. The molecule has 148 valence electrons. The van der Waals surface area contributed by atoms with Gasteiger partial charge in [0.2, 0.25) is 0 Å². The highest BCUT2D eigenvalue weighted by molar-refractivity contribution is 7.98. The molecule has 1 N–H and O–H groups in total. The van der Waals surface area contributed by atoms with Gasteiger partial charge in [0.05, 0.1) is 10.9 Å². The zero-order valence-electron chi connectivity index (χ0n) is 16.4. The van der Waals surface area contributed by atoms with Gasteiger partial charge in [-0.05, 0) is 43.2 Å². The number of fused-ring (bicyclic) bond motifs is 1. The van der Waals surface area contributed by atoms with Crippen molar-refractivity contribution in [3.63, 3.8) is 0 Å². The van der Waals surface area contributed by atoms with Crippen molar-refractivity contribution in [1.29, 1.82) is 0 Å². The van der Waals surface area contributed by atoms with Crippen LogP contribution in [0.15, 0.2) is 28.2 Å². The second-order valence-corrected chi connectivity index (χ2v) is 8.68. The molecule has 28 heavy (non-hydrogen) atoms. The molecule has 0 amide bonds. The van der Waals surface area contributed by atoms with E-state index >= 15 is 0 Å². The molecule has 1 atom stereocenters. The van der Waals surface area contributed by atoms with E-state index in [4.69, 9.17) is 4.74 Å². The Morgan fingerprint density at radius 3 is 2.93 bits per heavy atom. The molecule has 0 radical (unpaired) electrons. The van der Waals surface area contributed by atoms with Crippen LogP contribution < -0.4 is 5.56 Å². The molecular formula is C20H23N3O3S2. The van der Waals surface area contributed by atoms with Crippen LogP contribution in [0.2, 0.25) is 0 Å². The van der Waals surface area contributed by atoms with E-state index in [0.717, 1.165) is 23.3 Å². The molecule has 0 saturated heterocycles. The van der Waals surface area contributed by atoms with Crippen LogP contribution in [0.1, 0.15) is 46.9 Å². The number of hydrogen-bond acceptors (Lipinski definition) is 7. The summed E-state index contributed by atoms with van der Waals surface area (Å²) in [7, 11) is 0. The fourth-order valence-corrected chi connectivity index (χ4v) is 4.56. The molecule has 0 aromatic carbocycles. The van der Waals surface area contributed by atoms with Crippen LogP contribution in [0.25, 0.3) is 10.2 Å². The van der Waals surface area contributed by atoms with Crippen LogP contribution in [0.4, 0.5) is 0 Å². The highest BCUT2D eigenvalue weighted by Gasteiger charge is 2.18. The Hall–Kier alpha value is -2.19. The number of rotatable bonds is 7. The average molecular weight is 418 g/mol. The SMILES string of the molecule is CC[C@@H](C)Cc1c(C)sc2nc(COC(=O)c3cccnc3SC)[nH]c(=O)c12. The molecule has 0 aliphatic rings. The van der Waals surface area contributed by atoms with Crippen molar-refractivity contribution in [2.24, 2.45) is 5.92 Å². The van der Waals surface area contributed by atoms with Gasteiger partial charge in [0, 0.05) is 11.1 Å². The number of carbonyl (C=O) groups is 1. The molecule has 0 bridgehead atoms. The summed E-state index contributed by atoms with van der Waals surface area (Å²) in [4.78, 5) is 38.3. The fourth-order valence-electron chi connectivity index (χ4n) is 2.95. The quantitative estimate of drug-likeness (QED) is 0.454. The summed E-state index contributed by atoms with van der Waals surface area (Å²) >= 11 is 2.89. The molecule has 3 aromatic rings. The zero-order chi connectivity index (χ0) is 20.3. The summed E-state index contributed by atoms with van der Waals surface area (Å²) in [6.45, 7) is 6.26. The van der Waals surface area contributed by atoms with Gasteiger partial charge < -0.3 is 9.72 Å². The summed E-state index contributed by atoms with van der Waals surface area (Å²) in [6.07, 6.45) is 5.40. The second-order valence-electron chi connectivity index (χ2n) is 6.68. The zero-order valence-corrected chi connectivity index (χ0v) is 18.0. The minimum Gasteiger partial charge on any atom is -0.454 e. The first-order chi connectivity index (χ1) is 13.4. The third-order valence-corrected chi connectivity index (χ3v) is 6.44. The number of aryl methyl sites for hydroxylation is 1. The van der Waals surface area contributed by atoms with E-state index < -0.39 is 5.97 Å². The highest BCUT2D eigenvalue weighted by atomic mass is 32.2. The maximum absolute atomic E-state index is 12.7. The highest BCUT2D eigenvalue weighted by Crippen LogP contribution is 2.29. The Morgan fingerprint density at radius 1 is 1.43 bits per heavy atom. The number of aromatic nitrogens is 3. The predicted octanol–water partition coefficient (Wildman–Crippen LogP) is 4.36. The van der Waals surface area contributed by atoms with Crippen LogP contribution in [0.5, 0.6) is 0 Å². The van der Waals surface area contributed by atoms with Gasteiger partial charge in [-0.2, -0.15) is 0 Å². The van der Waals surface area contributed by atoms with E-state index in [1.54, 1.807) is 18.3 Å². The maximum Gasteiger partial charge on any atom is 0.341 e. The smallest absolute Gasteiger partial charge is 0.341 e. The Labute approximate surface area is 171 Å². The van der Waals surface area contributed by atoms with E-state index in [1.807, 2.05) is 13.2 Å². The Bertz CT molecular complexity index is 1060. The molecule has 0 unspecified atom stereocenters. The number of hydrogen-bond donors (Lipinski definition) is 1. The number of nitrogens with one attached hydrogen (secondary N) is 1. The second kappa shape index (κ2) is 8.87. The number of aromatic amines is 1. The molecule has 0 saturated carbocycles. The number of thiophene rings is 1. The summed E-state index contributed by atoms with van der Waals surface area (Å²) in [5.41, 5.74) is 1.30. The summed E-state index contributed by atoms with van der Waals surface area (Å²) < 4.78 is 5.36. The molecule has 3 aromatic heterocycles. The molecule has 0 fully saturated rings. The van der Waals surface area contributed by atoms with Crippen LogP contribution in [-0.2, 0) is 17.8 Å². The lowest BCUT2D eigenvalue weighted by Crippen LogP contribution is -2.15. The molecule has 6 nitrogen and oxygen atoms in total. The van der Waals surface area contributed by atoms with Gasteiger partial charge in [-0.25, -0.2) is 14.8 Å². The van der Waals surface area contributed by atoms with Crippen molar-refractivity contribution < 1.29 is 9.53 Å². The number of nitrogens with zero attached hydrogens (tertiary/aromatic N) is 2. The Morgan fingerprint density at radius 2 is 2.21 bits per heavy atom. The van der Waals surface area contributed by atoms with Crippen molar-refractivity contribution in [3.05, 3.63) is 50.5 Å². The Kier molecular flexibility index (Phi) is 6.51. The average Bonchev–Trinajstić information content (AvgIpc) is 3.01. The predicted molar refractivity (Wildman–Crippen MR) is 113 cm³/mol. The number of esters is 1. The van der Waals surface area contributed by atoms with Crippen molar-refractivity contribution in [2.75, 3.05) is 6.26 Å². The van der Waals surface area contributed by atoms with Gasteiger partial charge in [0.1, 0.15) is 22.3 Å². The van der Waals surface area contributed by atoms with Crippen molar-refractivity contribution in [3.8, 4) is 0 Å². The van der Waals surface area contributed by atoms with Gasteiger partial charge in [0.15, 0.2) is 0 Å². The summed E-state index contributed by atoms with van der Waals surface area (Å²) in [5.74, 6) is 0.360. The Balaban J connectivity index is 1.83. The minimum atomic E-state index is -0.486. The maximum atomic E-state index is 12.7. The van der Waals surface area contributed by atoms with Gasteiger partial charge in [-0.15, -0.1) is 23.1 Å². The number of carbonyl (C=O) groups excluding carboxylic acids is 1. The number of thioether (sulfide) groups is 1. The van der Waals surface area contributed by atoms with Gasteiger partial charge in [-0.1, -0.05) is 20.3 Å². The van der Waals surface area contributed by atoms with Crippen molar-refractivity contribution >= 4 is 39.3 Å². The number of pyridine rings is 1. The van der Waals surface area contributed by atoms with Crippen LogP contribution >= 0.6 is 23.1 Å².